The molecule has 0 aliphatic heterocycles. The molecule has 0 aromatic rings. The van der Waals surface area contributed by atoms with Crippen molar-refractivity contribution in [2.45, 2.75) is 84.3 Å². The molecule has 1 saturated carbocycles. The van der Waals surface area contributed by atoms with Crippen LogP contribution in [0.4, 0.5) is 0 Å². The summed E-state index contributed by atoms with van der Waals surface area (Å²) in [4.78, 5) is 23.8. The maximum atomic E-state index is 12.3. The van der Waals surface area contributed by atoms with E-state index in [0.717, 1.165) is 25.5 Å². The number of allylic oxidation sites excluding steroid dienone is 2. The van der Waals surface area contributed by atoms with E-state index in [-0.39, 0.29) is 35.9 Å². The molecule has 1 fully saturated rings. The van der Waals surface area contributed by atoms with Crippen molar-refractivity contribution >= 4 is 21.7 Å². The van der Waals surface area contributed by atoms with Crippen LogP contribution in [0.3, 0.4) is 0 Å². The Morgan fingerprint density at radius 2 is 1.97 bits per heavy atom. The van der Waals surface area contributed by atoms with Gasteiger partial charge in [0.15, 0.2) is 0 Å². The topological polar surface area (TPSA) is 121 Å². The van der Waals surface area contributed by atoms with Gasteiger partial charge < -0.3 is 10.2 Å². The van der Waals surface area contributed by atoms with Crippen LogP contribution in [0.2, 0.25) is 0 Å². The molecule has 0 bridgehead atoms. The van der Waals surface area contributed by atoms with Gasteiger partial charge in [0.1, 0.15) is 5.78 Å². The van der Waals surface area contributed by atoms with E-state index in [0.29, 0.717) is 19.3 Å². The molecule has 31 heavy (non-hydrogen) atoms. The molecule has 0 aromatic heterocycles. The Morgan fingerprint density at radius 3 is 2.58 bits per heavy atom. The number of Topliss-reactive ketones (excluding diaryl/α,β-unsaturated/α-hetero) is 1. The number of hydrogen-bond acceptors (Lipinski definition) is 6. The predicted octanol–water partition coefficient (Wildman–Crippen LogP) is 2.88. The number of unbranched alkanes of at least 4 members (excludes halogenated alkanes) is 2. The zero-order valence-electron chi connectivity index (χ0n) is 19.2. The van der Waals surface area contributed by atoms with E-state index < -0.39 is 28.1 Å². The Balaban J connectivity index is 2.57. The summed E-state index contributed by atoms with van der Waals surface area (Å²) in [6.45, 7) is 6.15. The number of amides is 1. The Kier molecular flexibility index (Phi) is 11.1. The fraction of sp³-hybridized carbons (Fsp3) is 0.739. The lowest BCUT2D eigenvalue weighted by Crippen LogP contribution is -2.28. The summed E-state index contributed by atoms with van der Waals surface area (Å²) in [5, 5.41) is 20.9. The molecule has 8 heteroatoms. The minimum absolute atomic E-state index is 0.0130. The molecular formula is C23H39NO6S. The number of sulfonamides is 1. The van der Waals surface area contributed by atoms with Crippen molar-refractivity contribution in [3.63, 3.8) is 0 Å². The van der Waals surface area contributed by atoms with E-state index in [9.17, 15) is 28.2 Å². The summed E-state index contributed by atoms with van der Waals surface area (Å²) in [5.41, 5.74) is -0.265. The second-order valence-corrected chi connectivity index (χ2v) is 11.0. The molecule has 1 amide bonds. The molecule has 7 nitrogen and oxygen atoms in total. The van der Waals surface area contributed by atoms with E-state index in [4.69, 9.17) is 0 Å². The highest BCUT2D eigenvalue weighted by Crippen LogP contribution is 2.35. The number of aliphatic hydroxyl groups is 2. The van der Waals surface area contributed by atoms with Crippen molar-refractivity contribution in [2.75, 3.05) is 6.26 Å². The minimum atomic E-state index is -3.53. The average Bonchev–Trinajstić information content (AvgIpc) is 2.92. The standard InChI is InChI=1S/C23H39NO6S/c1-5-6-15-23(2,3)21(27)14-13-18-17(19(25)16-20(18)26)11-9-7-8-10-12-22(28)24-31(4,29)30/h7,9,13-14,17-18,20-21,26-27H,5-6,8,10-12,15-16H2,1-4H3,(H,24,28)/b9-7-,14-13+/t17-,18-,20-,21-/m1/s1. The zero-order valence-corrected chi connectivity index (χ0v) is 20.0. The first-order valence-corrected chi connectivity index (χ1v) is 13.0. The van der Waals surface area contributed by atoms with Crippen LogP contribution in [-0.4, -0.2) is 48.8 Å². The molecule has 0 unspecified atom stereocenters. The van der Waals surface area contributed by atoms with E-state index in [1.54, 1.807) is 12.2 Å². The maximum absolute atomic E-state index is 12.3. The minimum Gasteiger partial charge on any atom is -0.392 e. The van der Waals surface area contributed by atoms with Gasteiger partial charge in [-0.3, -0.25) is 14.3 Å². The second-order valence-electron chi connectivity index (χ2n) is 9.24. The van der Waals surface area contributed by atoms with Gasteiger partial charge in [-0.2, -0.15) is 0 Å². The van der Waals surface area contributed by atoms with Crippen molar-refractivity contribution in [3.05, 3.63) is 24.3 Å². The van der Waals surface area contributed by atoms with Crippen molar-refractivity contribution in [3.8, 4) is 0 Å². The third-order valence-electron chi connectivity index (χ3n) is 5.85. The fourth-order valence-electron chi connectivity index (χ4n) is 3.80. The summed E-state index contributed by atoms with van der Waals surface area (Å²) >= 11 is 0. The van der Waals surface area contributed by atoms with E-state index >= 15 is 0 Å². The summed E-state index contributed by atoms with van der Waals surface area (Å²) in [6.07, 6.45) is 11.6. The van der Waals surface area contributed by atoms with Crippen LogP contribution in [0.25, 0.3) is 0 Å². The van der Waals surface area contributed by atoms with Crippen LogP contribution in [0.15, 0.2) is 24.3 Å². The quantitative estimate of drug-likeness (QED) is 0.289. The molecule has 0 heterocycles. The fourth-order valence-corrected chi connectivity index (χ4v) is 4.32. The van der Waals surface area contributed by atoms with Gasteiger partial charge >= 0.3 is 0 Å². The number of hydrogen-bond donors (Lipinski definition) is 3. The first kappa shape index (κ1) is 27.5. The van der Waals surface area contributed by atoms with Gasteiger partial charge in [0.2, 0.25) is 15.9 Å². The van der Waals surface area contributed by atoms with Gasteiger partial charge in [-0.05, 0) is 31.1 Å². The zero-order chi connectivity index (χ0) is 23.7. The molecule has 3 N–H and O–H groups in total. The normalized spacial score (nSPS) is 23.7. The first-order valence-electron chi connectivity index (χ1n) is 11.1. The molecule has 1 aliphatic rings. The van der Waals surface area contributed by atoms with Crippen LogP contribution in [0.1, 0.15) is 72.1 Å². The second kappa shape index (κ2) is 12.5. The van der Waals surface area contributed by atoms with E-state index in [2.05, 4.69) is 6.92 Å². The SMILES string of the molecule is CCCCC(C)(C)[C@H](O)/C=C/[C@H]1[C@H](O)CC(=O)[C@@H]1C/C=C\CCCC(=O)NS(C)(=O)=O. The van der Waals surface area contributed by atoms with Crippen LogP contribution in [-0.2, 0) is 19.6 Å². The molecule has 4 atom stereocenters. The Bertz CT molecular complexity index is 756. The van der Waals surface area contributed by atoms with Crippen LogP contribution >= 0.6 is 0 Å². The molecule has 0 aromatic carbocycles. The lowest BCUT2D eigenvalue weighted by Gasteiger charge is -2.29. The van der Waals surface area contributed by atoms with Crippen LogP contribution in [0.5, 0.6) is 0 Å². The van der Waals surface area contributed by atoms with Gasteiger partial charge in [0.05, 0.1) is 18.5 Å². The first-order chi connectivity index (χ1) is 14.4. The molecule has 1 rings (SSSR count). The highest BCUT2D eigenvalue weighted by molar-refractivity contribution is 7.89. The number of ketones is 1. The number of nitrogens with one attached hydrogen (secondary N) is 1. The van der Waals surface area contributed by atoms with Crippen molar-refractivity contribution < 1.29 is 28.2 Å². The maximum Gasteiger partial charge on any atom is 0.233 e. The van der Waals surface area contributed by atoms with Crippen molar-refractivity contribution in [1.29, 1.82) is 0 Å². The third-order valence-corrected chi connectivity index (χ3v) is 6.45. The monoisotopic (exact) mass is 457 g/mol. The Labute approximate surface area is 187 Å². The molecule has 0 radical (unpaired) electrons. The number of carbonyl (C=O) groups excluding carboxylic acids is 2. The molecular weight excluding hydrogens is 418 g/mol. The van der Waals surface area contributed by atoms with E-state index in [1.807, 2.05) is 30.7 Å². The average molecular weight is 458 g/mol. The van der Waals surface area contributed by atoms with Gasteiger partial charge in [-0.15, -0.1) is 0 Å². The van der Waals surface area contributed by atoms with Gasteiger partial charge in [-0.1, -0.05) is 57.9 Å². The number of carbonyl (C=O) groups is 2. The van der Waals surface area contributed by atoms with Gasteiger partial charge in [0.25, 0.3) is 0 Å². The summed E-state index contributed by atoms with van der Waals surface area (Å²) in [7, 11) is -3.53. The summed E-state index contributed by atoms with van der Waals surface area (Å²) in [5.74, 6) is -1.18. The van der Waals surface area contributed by atoms with Crippen molar-refractivity contribution in [1.82, 2.24) is 4.72 Å². The van der Waals surface area contributed by atoms with Crippen LogP contribution < -0.4 is 4.72 Å². The molecule has 0 spiro atoms. The number of rotatable bonds is 13. The van der Waals surface area contributed by atoms with Gasteiger partial charge in [0, 0.05) is 24.7 Å². The van der Waals surface area contributed by atoms with E-state index in [1.165, 1.54) is 0 Å². The molecule has 1 aliphatic carbocycles. The predicted molar refractivity (Wildman–Crippen MR) is 122 cm³/mol. The van der Waals surface area contributed by atoms with Gasteiger partial charge in [-0.25, -0.2) is 8.42 Å². The Hall–Kier alpha value is -1.51. The highest BCUT2D eigenvalue weighted by atomic mass is 32.2. The lowest BCUT2D eigenvalue weighted by atomic mass is 9.80. The smallest absolute Gasteiger partial charge is 0.233 e. The summed E-state index contributed by atoms with van der Waals surface area (Å²) in [6, 6.07) is 0. The Morgan fingerprint density at radius 1 is 1.29 bits per heavy atom. The lowest BCUT2D eigenvalue weighted by molar-refractivity contribution is -0.121. The molecule has 0 saturated heterocycles. The third kappa shape index (κ3) is 10.1. The van der Waals surface area contributed by atoms with Crippen molar-refractivity contribution in [2.24, 2.45) is 17.3 Å². The summed E-state index contributed by atoms with van der Waals surface area (Å²) < 4.78 is 23.9. The number of aliphatic hydroxyl groups excluding tert-OH is 2. The largest absolute Gasteiger partial charge is 0.392 e. The highest BCUT2D eigenvalue weighted by Gasteiger charge is 2.39. The van der Waals surface area contributed by atoms with Crippen LogP contribution in [0, 0.1) is 17.3 Å². The molecule has 178 valence electrons.